The minimum absolute atomic E-state index is 0.0784. The van der Waals surface area contributed by atoms with Crippen molar-refractivity contribution in [3.63, 3.8) is 0 Å². The fourth-order valence-electron chi connectivity index (χ4n) is 1.72. The number of hydrogen-bond donors (Lipinski definition) is 1. The average molecular weight is 171 g/mol. The molecule has 1 aliphatic carbocycles. The summed E-state index contributed by atoms with van der Waals surface area (Å²) in [4.78, 5) is 10.4. The minimum atomic E-state index is -0.368. The van der Waals surface area contributed by atoms with Crippen molar-refractivity contribution in [1.29, 1.82) is 0 Å². The van der Waals surface area contributed by atoms with Crippen molar-refractivity contribution in [3.8, 4) is 0 Å². The van der Waals surface area contributed by atoms with Gasteiger partial charge in [0.1, 0.15) is 6.61 Å². The van der Waals surface area contributed by atoms with Crippen LogP contribution in [0.15, 0.2) is 0 Å². The van der Waals surface area contributed by atoms with Gasteiger partial charge in [0.2, 0.25) is 5.91 Å². The molecule has 1 fully saturated rings. The van der Waals surface area contributed by atoms with Gasteiger partial charge in [-0.2, -0.15) is 0 Å². The summed E-state index contributed by atoms with van der Waals surface area (Å²) in [5.74, 6) is 0.214. The summed E-state index contributed by atoms with van der Waals surface area (Å²) in [6, 6.07) is 0. The monoisotopic (exact) mass is 171 g/mol. The van der Waals surface area contributed by atoms with Gasteiger partial charge in [0.05, 0.1) is 6.10 Å². The van der Waals surface area contributed by atoms with Crippen molar-refractivity contribution in [3.05, 3.63) is 0 Å². The summed E-state index contributed by atoms with van der Waals surface area (Å²) >= 11 is 0. The smallest absolute Gasteiger partial charge is 0.243 e. The Morgan fingerprint density at radius 1 is 1.50 bits per heavy atom. The van der Waals surface area contributed by atoms with Crippen LogP contribution in [0.1, 0.15) is 32.6 Å². The number of carbonyl (C=O) groups excluding carboxylic acids is 1. The van der Waals surface area contributed by atoms with Gasteiger partial charge in [-0.3, -0.25) is 4.79 Å². The molecule has 2 atom stereocenters. The minimum Gasteiger partial charge on any atom is -0.368 e. The molecule has 1 saturated carbocycles. The van der Waals surface area contributed by atoms with E-state index in [0.29, 0.717) is 5.92 Å². The maximum absolute atomic E-state index is 10.4. The summed E-state index contributed by atoms with van der Waals surface area (Å²) in [7, 11) is 0. The molecule has 0 bridgehead atoms. The van der Waals surface area contributed by atoms with Gasteiger partial charge in [0.25, 0.3) is 0 Å². The molecule has 2 N–H and O–H groups in total. The zero-order chi connectivity index (χ0) is 8.97. The molecule has 3 nitrogen and oxygen atoms in total. The fraction of sp³-hybridized carbons (Fsp3) is 0.889. The average Bonchev–Trinajstić information content (AvgIpc) is 2.03. The van der Waals surface area contributed by atoms with Gasteiger partial charge in [-0.15, -0.1) is 0 Å². The molecule has 70 valence electrons. The van der Waals surface area contributed by atoms with Crippen molar-refractivity contribution in [2.24, 2.45) is 11.7 Å². The van der Waals surface area contributed by atoms with Crippen LogP contribution >= 0.6 is 0 Å². The molecule has 0 radical (unpaired) electrons. The Kier molecular flexibility index (Phi) is 3.53. The predicted octanol–water partition coefficient (Wildman–Crippen LogP) is 1.07. The van der Waals surface area contributed by atoms with E-state index in [4.69, 9.17) is 10.5 Å². The van der Waals surface area contributed by atoms with Gasteiger partial charge in [-0.05, 0) is 18.8 Å². The summed E-state index contributed by atoms with van der Waals surface area (Å²) in [6.07, 6.45) is 5.05. The van der Waals surface area contributed by atoms with Crippen molar-refractivity contribution in [2.75, 3.05) is 6.61 Å². The standard InChI is InChI=1S/C9H17NO2/c1-7-4-2-3-5-8(7)12-6-9(10)11/h7-8H,2-6H2,1H3,(H2,10,11). The van der Waals surface area contributed by atoms with E-state index < -0.39 is 0 Å². The molecule has 0 aromatic heterocycles. The Hall–Kier alpha value is -0.570. The highest BCUT2D eigenvalue weighted by molar-refractivity contribution is 5.75. The van der Waals surface area contributed by atoms with Crippen LogP contribution in [-0.2, 0) is 9.53 Å². The Morgan fingerprint density at radius 2 is 2.17 bits per heavy atom. The van der Waals surface area contributed by atoms with Crippen LogP contribution in [0.4, 0.5) is 0 Å². The first kappa shape index (κ1) is 9.52. The van der Waals surface area contributed by atoms with Crippen LogP contribution in [0.3, 0.4) is 0 Å². The van der Waals surface area contributed by atoms with Gasteiger partial charge in [0, 0.05) is 0 Å². The van der Waals surface area contributed by atoms with E-state index in [-0.39, 0.29) is 18.6 Å². The van der Waals surface area contributed by atoms with E-state index in [9.17, 15) is 4.79 Å². The molecular weight excluding hydrogens is 154 g/mol. The molecule has 0 saturated heterocycles. The van der Waals surface area contributed by atoms with E-state index >= 15 is 0 Å². The second kappa shape index (κ2) is 4.45. The lowest BCUT2D eigenvalue weighted by Gasteiger charge is -2.28. The van der Waals surface area contributed by atoms with Crippen LogP contribution in [0.5, 0.6) is 0 Å². The molecule has 12 heavy (non-hydrogen) atoms. The van der Waals surface area contributed by atoms with E-state index in [1.54, 1.807) is 0 Å². The third-order valence-electron chi connectivity index (χ3n) is 2.47. The summed E-state index contributed by atoms with van der Waals surface area (Å²) in [5.41, 5.74) is 4.99. The third kappa shape index (κ3) is 2.81. The highest BCUT2D eigenvalue weighted by Gasteiger charge is 2.21. The van der Waals surface area contributed by atoms with Crippen LogP contribution in [0, 0.1) is 5.92 Å². The SMILES string of the molecule is CC1CCCCC1OCC(N)=O. The molecule has 1 aliphatic rings. The number of hydrogen-bond acceptors (Lipinski definition) is 2. The Morgan fingerprint density at radius 3 is 2.75 bits per heavy atom. The van der Waals surface area contributed by atoms with Gasteiger partial charge >= 0.3 is 0 Å². The summed E-state index contributed by atoms with van der Waals surface area (Å²) in [6.45, 7) is 2.25. The van der Waals surface area contributed by atoms with E-state index in [1.165, 1.54) is 19.3 Å². The number of ether oxygens (including phenoxy) is 1. The Balaban J connectivity index is 2.24. The highest BCUT2D eigenvalue weighted by atomic mass is 16.5. The molecule has 1 rings (SSSR count). The number of carbonyl (C=O) groups is 1. The van der Waals surface area contributed by atoms with Gasteiger partial charge in [-0.1, -0.05) is 19.8 Å². The normalized spacial score (nSPS) is 30.1. The maximum atomic E-state index is 10.4. The zero-order valence-corrected chi connectivity index (χ0v) is 7.58. The quantitative estimate of drug-likeness (QED) is 0.690. The van der Waals surface area contributed by atoms with Gasteiger partial charge in [0.15, 0.2) is 0 Å². The van der Waals surface area contributed by atoms with Crippen LogP contribution < -0.4 is 5.73 Å². The number of amides is 1. The molecule has 1 amide bonds. The first-order valence-electron chi connectivity index (χ1n) is 4.60. The van der Waals surface area contributed by atoms with Crippen LogP contribution in [-0.4, -0.2) is 18.6 Å². The number of primary amides is 1. The zero-order valence-electron chi connectivity index (χ0n) is 7.58. The Labute approximate surface area is 73.3 Å². The van der Waals surface area contributed by atoms with Crippen molar-refractivity contribution < 1.29 is 9.53 Å². The summed E-state index contributed by atoms with van der Waals surface area (Å²) in [5, 5.41) is 0. The van der Waals surface area contributed by atoms with Crippen LogP contribution in [0.2, 0.25) is 0 Å². The lowest BCUT2D eigenvalue weighted by molar-refractivity contribution is -0.126. The van der Waals surface area contributed by atoms with E-state index in [2.05, 4.69) is 6.92 Å². The van der Waals surface area contributed by atoms with Crippen LogP contribution in [0.25, 0.3) is 0 Å². The first-order chi connectivity index (χ1) is 5.70. The van der Waals surface area contributed by atoms with Crippen molar-refractivity contribution >= 4 is 5.91 Å². The fourth-order valence-corrected chi connectivity index (χ4v) is 1.72. The lowest BCUT2D eigenvalue weighted by atomic mass is 9.88. The molecular formula is C9H17NO2. The topological polar surface area (TPSA) is 52.3 Å². The molecule has 0 aliphatic heterocycles. The molecule has 2 unspecified atom stereocenters. The molecule has 3 heteroatoms. The van der Waals surface area contributed by atoms with Gasteiger partial charge < -0.3 is 10.5 Å². The highest BCUT2D eigenvalue weighted by Crippen LogP contribution is 2.25. The molecule has 0 heterocycles. The van der Waals surface area contributed by atoms with E-state index in [1.807, 2.05) is 0 Å². The van der Waals surface area contributed by atoms with E-state index in [0.717, 1.165) is 6.42 Å². The molecule has 0 aromatic carbocycles. The Bertz CT molecular complexity index is 159. The number of nitrogens with two attached hydrogens (primary N) is 1. The summed E-state index contributed by atoms with van der Waals surface area (Å²) < 4.78 is 5.38. The predicted molar refractivity (Wildman–Crippen MR) is 46.6 cm³/mol. The lowest BCUT2D eigenvalue weighted by Crippen LogP contribution is -2.30. The second-order valence-corrected chi connectivity index (χ2v) is 3.58. The second-order valence-electron chi connectivity index (χ2n) is 3.58. The van der Waals surface area contributed by atoms with Crippen molar-refractivity contribution in [2.45, 2.75) is 38.7 Å². The third-order valence-corrected chi connectivity index (χ3v) is 2.47. The van der Waals surface area contributed by atoms with Crippen molar-refractivity contribution in [1.82, 2.24) is 0 Å². The molecule has 0 spiro atoms. The molecule has 0 aromatic rings. The largest absolute Gasteiger partial charge is 0.368 e. The number of rotatable bonds is 3. The maximum Gasteiger partial charge on any atom is 0.243 e. The van der Waals surface area contributed by atoms with Gasteiger partial charge in [-0.25, -0.2) is 0 Å². The first-order valence-corrected chi connectivity index (χ1v) is 4.60.